The molecule has 0 aromatic heterocycles. The van der Waals surface area contributed by atoms with Gasteiger partial charge in [-0.3, -0.25) is 0 Å². The third-order valence-electron chi connectivity index (χ3n) is 3.50. The predicted molar refractivity (Wildman–Crippen MR) is 66.0 cm³/mol. The molecule has 0 saturated heterocycles. The van der Waals surface area contributed by atoms with E-state index >= 15 is 0 Å². The van der Waals surface area contributed by atoms with E-state index in [-0.39, 0.29) is 0 Å². The van der Waals surface area contributed by atoms with Crippen LogP contribution in [0.15, 0.2) is 0 Å². The SMILES string of the molecule is CN(C)CCN(C)C1CCCCCC1N. The second-order valence-electron chi connectivity index (χ2n) is 5.15. The van der Waals surface area contributed by atoms with Crippen molar-refractivity contribution in [1.29, 1.82) is 0 Å². The third kappa shape index (κ3) is 4.49. The van der Waals surface area contributed by atoms with Crippen molar-refractivity contribution in [2.24, 2.45) is 5.73 Å². The van der Waals surface area contributed by atoms with Crippen LogP contribution in [0.25, 0.3) is 0 Å². The zero-order chi connectivity index (χ0) is 11.3. The smallest absolute Gasteiger partial charge is 0.0244 e. The highest BCUT2D eigenvalue weighted by molar-refractivity contribution is 4.83. The molecule has 0 heterocycles. The lowest BCUT2D eigenvalue weighted by molar-refractivity contribution is 0.184. The molecular weight excluding hydrogens is 186 g/mol. The molecule has 0 aliphatic heterocycles. The van der Waals surface area contributed by atoms with Crippen LogP contribution in [0, 0.1) is 0 Å². The number of nitrogens with two attached hydrogens (primary N) is 1. The Morgan fingerprint density at radius 1 is 1.00 bits per heavy atom. The van der Waals surface area contributed by atoms with Crippen molar-refractivity contribution < 1.29 is 0 Å². The molecule has 1 rings (SSSR count). The summed E-state index contributed by atoms with van der Waals surface area (Å²) in [5.41, 5.74) is 6.23. The van der Waals surface area contributed by atoms with Gasteiger partial charge in [0.2, 0.25) is 0 Å². The van der Waals surface area contributed by atoms with E-state index < -0.39 is 0 Å². The van der Waals surface area contributed by atoms with Crippen molar-refractivity contribution in [3.05, 3.63) is 0 Å². The summed E-state index contributed by atoms with van der Waals surface area (Å²) in [4.78, 5) is 4.69. The molecule has 2 unspecified atom stereocenters. The Morgan fingerprint density at radius 2 is 1.67 bits per heavy atom. The van der Waals surface area contributed by atoms with Gasteiger partial charge >= 0.3 is 0 Å². The van der Waals surface area contributed by atoms with E-state index in [0.717, 1.165) is 13.1 Å². The summed E-state index contributed by atoms with van der Waals surface area (Å²) < 4.78 is 0. The normalized spacial score (nSPS) is 28.4. The Kier molecular flexibility index (Phi) is 5.58. The van der Waals surface area contributed by atoms with E-state index in [1.807, 2.05) is 0 Å². The van der Waals surface area contributed by atoms with Gasteiger partial charge in [0.05, 0.1) is 0 Å². The molecule has 90 valence electrons. The molecule has 1 fully saturated rings. The molecule has 3 heteroatoms. The van der Waals surface area contributed by atoms with Crippen LogP contribution in [0.4, 0.5) is 0 Å². The van der Waals surface area contributed by atoms with E-state index in [2.05, 4.69) is 30.9 Å². The Balaban J connectivity index is 2.37. The fraction of sp³-hybridized carbons (Fsp3) is 1.00. The first-order chi connectivity index (χ1) is 7.11. The average Bonchev–Trinajstić information content (AvgIpc) is 2.39. The van der Waals surface area contributed by atoms with Crippen molar-refractivity contribution >= 4 is 0 Å². The van der Waals surface area contributed by atoms with E-state index in [1.54, 1.807) is 0 Å². The van der Waals surface area contributed by atoms with E-state index in [1.165, 1.54) is 32.1 Å². The summed E-state index contributed by atoms with van der Waals surface area (Å²) in [5, 5.41) is 0. The van der Waals surface area contributed by atoms with Crippen molar-refractivity contribution in [3.63, 3.8) is 0 Å². The molecule has 2 N–H and O–H groups in total. The predicted octanol–water partition coefficient (Wildman–Crippen LogP) is 1.14. The standard InChI is InChI=1S/C12H27N3/c1-14(2)9-10-15(3)12-8-6-4-5-7-11(12)13/h11-12H,4-10,13H2,1-3H3. The summed E-state index contributed by atoms with van der Waals surface area (Å²) in [6.07, 6.45) is 6.53. The summed E-state index contributed by atoms with van der Waals surface area (Å²) >= 11 is 0. The second-order valence-corrected chi connectivity index (χ2v) is 5.15. The fourth-order valence-corrected chi connectivity index (χ4v) is 2.39. The molecule has 0 spiro atoms. The van der Waals surface area contributed by atoms with Gasteiger partial charge in [-0.2, -0.15) is 0 Å². The van der Waals surface area contributed by atoms with Crippen molar-refractivity contribution in [2.45, 2.75) is 44.2 Å². The van der Waals surface area contributed by atoms with Crippen LogP contribution >= 0.6 is 0 Å². The van der Waals surface area contributed by atoms with Crippen LogP contribution in [0.2, 0.25) is 0 Å². The molecule has 0 aromatic carbocycles. The van der Waals surface area contributed by atoms with Crippen molar-refractivity contribution in [3.8, 4) is 0 Å². The van der Waals surface area contributed by atoms with Gasteiger partial charge in [0.1, 0.15) is 0 Å². The topological polar surface area (TPSA) is 32.5 Å². The van der Waals surface area contributed by atoms with Gasteiger partial charge in [0.25, 0.3) is 0 Å². The number of likely N-dealkylation sites (N-methyl/N-ethyl adjacent to an activating group) is 2. The van der Waals surface area contributed by atoms with Gasteiger partial charge < -0.3 is 15.5 Å². The Morgan fingerprint density at radius 3 is 2.33 bits per heavy atom. The zero-order valence-corrected chi connectivity index (χ0v) is 10.6. The largest absolute Gasteiger partial charge is 0.326 e. The molecule has 0 aromatic rings. The molecule has 2 atom stereocenters. The Hall–Kier alpha value is -0.120. The highest BCUT2D eigenvalue weighted by Gasteiger charge is 2.23. The average molecular weight is 213 g/mol. The lowest BCUT2D eigenvalue weighted by atomic mass is 10.0. The van der Waals surface area contributed by atoms with Gasteiger partial charge in [-0.25, -0.2) is 0 Å². The first-order valence-corrected chi connectivity index (χ1v) is 6.22. The van der Waals surface area contributed by atoms with Gasteiger partial charge in [0, 0.05) is 25.2 Å². The van der Waals surface area contributed by atoms with Gasteiger partial charge in [-0.15, -0.1) is 0 Å². The van der Waals surface area contributed by atoms with Gasteiger partial charge in [-0.05, 0) is 34.0 Å². The zero-order valence-electron chi connectivity index (χ0n) is 10.6. The van der Waals surface area contributed by atoms with Crippen molar-refractivity contribution in [2.75, 3.05) is 34.2 Å². The number of nitrogens with zero attached hydrogens (tertiary/aromatic N) is 2. The molecule has 0 radical (unpaired) electrons. The summed E-state index contributed by atoms with van der Waals surface area (Å²) in [7, 11) is 6.47. The third-order valence-corrected chi connectivity index (χ3v) is 3.50. The van der Waals surface area contributed by atoms with Gasteiger partial charge in [0.15, 0.2) is 0 Å². The molecule has 0 amide bonds. The minimum Gasteiger partial charge on any atom is -0.326 e. The summed E-state index contributed by atoms with van der Waals surface area (Å²) in [6, 6.07) is 0.993. The van der Waals surface area contributed by atoms with Crippen molar-refractivity contribution in [1.82, 2.24) is 9.80 Å². The Labute approximate surface area is 94.6 Å². The molecule has 0 bridgehead atoms. The molecule has 1 aliphatic carbocycles. The molecule has 3 nitrogen and oxygen atoms in total. The van der Waals surface area contributed by atoms with Crippen LogP contribution in [0.3, 0.4) is 0 Å². The summed E-state index contributed by atoms with van der Waals surface area (Å²) in [5.74, 6) is 0. The highest BCUT2D eigenvalue weighted by Crippen LogP contribution is 2.20. The molecule has 1 aliphatic rings. The number of hydrogen-bond donors (Lipinski definition) is 1. The lowest BCUT2D eigenvalue weighted by Gasteiger charge is -2.32. The van der Waals surface area contributed by atoms with E-state index in [9.17, 15) is 0 Å². The van der Waals surface area contributed by atoms with Crippen LogP contribution in [0.5, 0.6) is 0 Å². The maximum atomic E-state index is 6.23. The van der Waals surface area contributed by atoms with Crippen LogP contribution in [0.1, 0.15) is 32.1 Å². The fourth-order valence-electron chi connectivity index (χ4n) is 2.39. The van der Waals surface area contributed by atoms with E-state index in [0.29, 0.717) is 12.1 Å². The molecular formula is C12H27N3. The highest BCUT2D eigenvalue weighted by atomic mass is 15.2. The molecule has 1 saturated carbocycles. The van der Waals surface area contributed by atoms with E-state index in [4.69, 9.17) is 5.73 Å². The maximum absolute atomic E-state index is 6.23. The minimum atomic E-state index is 0.389. The van der Waals surface area contributed by atoms with Crippen LogP contribution < -0.4 is 5.73 Å². The first kappa shape index (κ1) is 12.9. The minimum absolute atomic E-state index is 0.389. The lowest BCUT2D eigenvalue weighted by Crippen LogP contribution is -2.47. The maximum Gasteiger partial charge on any atom is 0.0244 e. The monoisotopic (exact) mass is 213 g/mol. The van der Waals surface area contributed by atoms with Crippen LogP contribution in [-0.4, -0.2) is 56.1 Å². The number of rotatable bonds is 4. The number of hydrogen-bond acceptors (Lipinski definition) is 3. The quantitative estimate of drug-likeness (QED) is 0.711. The summed E-state index contributed by atoms with van der Waals surface area (Å²) in [6.45, 7) is 2.26. The Bertz CT molecular complexity index is 170. The second kappa shape index (κ2) is 6.46. The van der Waals surface area contributed by atoms with Crippen LogP contribution in [-0.2, 0) is 0 Å². The first-order valence-electron chi connectivity index (χ1n) is 6.22. The van der Waals surface area contributed by atoms with Gasteiger partial charge in [-0.1, -0.05) is 19.3 Å². The molecule has 15 heavy (non-hydrogen) atoms.